The van der Waals surface area contributed by atoms with Crippen LogP contribution in [-0.4, -0.2) is 15.7 Å². The molecular formula is C23H26IN3O2. The quantitative estimate of drug-likeness (QED) is 0.439. The van der Waals surface area contributed by atoms with Gasteiger partial charge in [0.2, 0.25) is 5.91 Å². The van der Waals surface area contributed by atoms with E-state index in [1.54, 1.807) is 0 Å². The first kappa shape index (κ1) is 20.2. The van der Waals surface area contributed by atoms with Gasteiger partial charge in [-0.25, -0.2) is 4.68 Å². The van der Waals surface area contributed by atoms with Gasteiger partial charge in [0.15, 0.2) is 0 Å². The highest BCUT2D eigenvalue weighted by Gasteiger charge is 2.27. The van der Waals surface area contributed by atoms with E-state index in [9.17, 15) is 4.79 Å². The number of anilines is 1. The highest BCUT2D eigenvalue weighted by molar-refractivity contribution is 14.1. The number of aryl methyl sites for hydroxylation is 1. The molecule has 0 atom stereocenters. The average Bonchev–Trinajstić information content (AvgIpc) is 3.17. The van der Waals surface area contributed by atoms with E-state index in [1.165, 1.54) is 0 Å². The zero-order valence-corrected chi connectivity index (χ0v) is 19.4. The maximum absolute atomic E-state index is 12.6. The molecule has 0 unspecified atom stereocenters. The van der Waals surface area contributed by atoms with E-state index in [2.05, 4.69) is 54.7 Å². The Hall–Kier alpha value is -2.09. The van der Waals surface area contributed by atoms with E-state index in [4.69, 9.17) is 9.52 Å². The van der Waals surface area contributed by atoms with Gasteiger partial charge in [0.25, 0.3) is 0 Å². The van der Waals surface area contributed by atoms with E-state index >= 15 is 0 Å². The topological polar surface area (TPSA) is 60.1 Å². The summed E-state index contributed by atoms with van der Waals surface area (Å²) >= 11 is 2.28. The Morgan fingerprint density at radius 3 is 2.45 bits per heavy atom. The number of nitrogens with one attached hydrogen (secondary N) is 1. The van der Waals surface area contributed by atoms with Crippen LogP contribution in [0, 0.1) is 16.4 Å². The fourth-order valence-electron chi connectivity index (χ4n) is 3.39. The van der Waals surface area contributed by atoms with Crippen molar-refractivity contribution < 1.29 is 9.21 Å². The molecule has 2 aromatic heterocycles. The fraction of sp³-hybridized carbons (Fsp3) is 0.391. The van der Waals surface area contributed by atoms with E-state index in [0.717, 1.165) is 51.3 Å². The van der Waals surface area contributed by atoms with Crippen molar-refractivity contribution in [3.63, 3.8) is 0 Å². The first-order chi connectivity index (χ1) is 13.7. The number of furan rings is 1. The Balaban J connectivity index is 1.75. The van der Waals surface area contributed by atoms with Crippen molar-refractivity contribution in [1.82, 2.24) is 9.78 Å². The molecule has 1 aliphatic carbocycles. The van der Waals surface area contributed by atoms with Gasteiger partial charge in [0, 0.05) is 26.5 Å². The molecular weight excluding hydrogens is 477 g/mol. The van der Waals surface area contributed by atoms with Crippen molar-refractivity contribution in [2.45, 2.75) is 52.4 Å². The number of rotatable bonds is 4. The lowest BCUT2D eigenvalue weighted by atomic mass is 9.85. The molecule has 0 bridgehead atoms. The fourth-order valence-corrected chi connectivity index (χ4v) is 3.75. The third-order valence-electron chi connectivity index (χ3n) is 5.44. The summed E-state index contributed by atoms with van der Waals surface area (Å²) in [7, 11) is 0. The summed E-state index contributed by atoms with van der Waals surface area (Å²) in [5, 5.41) is 7.93. The molecule has 4 rings (SSSR count). The summed E-state index contributed by atoms with van der Waals surface area (Å²) in [5.74, 6) is 2.64. The number of hydrogen-bond acceptors (Lipinski definition) is 3. The van der Waals surface area contributed by atoms with Gasteiger partial charge in [-0.15, -0.1) is 0 Å². The van der Waals surface area contributed by atoms with Crippen LogP contribution < -0.4 is 5.32 Å². The normalized spacial score (nSPS) is 14.7. The van der Waals surface area contributed by atoms with Crippen molar-refractivity contribution in [1.29, 1.82) is 0 Å². The minimum atomic E-state index is -0.0804. The highest BCUT2D eigenvalue weighted by atomic mass is 127. The maximum atomic E-state index is 12.6. The molecule has 1 aromatic carbocycles. The van der Waals surface area contributed by atoms with Crippen molar-refractivity contribution in [3.05, 3.63) is 51.5 Å². The predicted octanol–water partition coefficient (Wildman–Crippen LogP) is 6.08. The van der Waals surface area contributed by atoms with Crippen LogP contribution in [0.2, 0.25) is 0 Å². The Morgan fingerprint density at radius 2 is 1.90 bits per heavy atom. The lowest BCUT2D eigenvalue weighted by Gasteiger charge is -2.24. The van der Waals surface area contributed by atoms with Crippen LogP contribution in [0.4, 0.5) is 5.82 Å². The summed E-state index contributed by atoms with van der Waals surface area (Å²) in [6.07, 6.45) is 3.06. The molecule has 1 saturated carbocycles. The van der Waals surface area contributed by atoms with E-state index in [0.29, 0.717) is 5.82 Å². The Labute approximate surface area is 185 Å². The number of hydrogen-bond donors (Lipinski definition) is 1. The first-order valence-corrected chi connectivity index (χ1v) is 11.1. The van der Waals surface area contributed by atoms with Crippen LogP contribution in [0.3, 0.4) is 0 Å². The van der Waals surface area contributed by atoms with Crippen molar-refractivity contribution in [2.75, 3.05) is 5.32 Å². The van der Waals surface area contributed by atoms with Gasteiger partial charge in [0.1, 0.15) is 17.3 Å². The molecule has 152 valence electrons. The average molecular weight is 503 g/mol. The lowest BCUT2D eigenvalue weighted by Crippen LogP contribution is -2.28. The molecule has 1 N–H and O–H groups in total. The number of benzene rings is 1. The third kappa shape index (κ3) is 4.13. The smallest absolute Gasteiger partial charge is 0.228 e. The van der Waals surface area contributed by atoms with Gasteiger partial charge in [-0.3, -0.25) is 4.79 Å². The molecule has 1 amide bonds. The van der Waals surface area contributed by atoms with Crippen molar-refractivity contribution in [2.24, 2.45) is 5.92 Å². The van der Waals surface area contributed by atoms with Gasteiger partial charge in [0.05, 0.1) is 11.4 Å². The summed E-state index contributed by atoms with van der Waals surface area (Å²) in [6.45, 7) is 8.34. The second-order valence-corrected chi connectivity index (χ2v) is 10.00. The van der Waals surface area contributed by atoms with Crippen LogP contribution in [0.25, 0.3) is 16.9 Å². The second kappa shape index (κ2) is 7.63. The number of halogens is 1. The van der Waals surface area contributed by atoms with Gasteiger partial charge in [-0.2, -0.15) is 5.10 Å². The third-order valence-corrected chi connectivity index (χ3v) is 6.16. The van der Waals surface area contributed by atoms with Crippen molar-refractivity contribution >= 4 is 34.3 Å². The zero-order chi connectivity index (χ0) is 20.8. The van der Waals surface area contributed by atoms with Crippen LogP contribution in [0.5, 0.6) is 0 Å². The van der Waals surface area contributed by atoms with Gasteiger partial charge < -0.3 is 9.73 Å². The Kier molecular flexibility index (Phi) is 5.31. The summed E-state index contributed by atoms with van der Waals surface area (Å²) in [5.41, 5.74) is 2.59. The van der Waals surface area contributed by atoms with Crippen molar-refractivity contribution in [3.8, 4) is 16.9 Å². The summed E-state index contributed by atoms with van der Waals surface area (Å²) in [6, 6.07) is 12.1. The largest absolute Gasteiger partial charge is 0.465 e. The predicted molar refractivity (Wildman–Crippen MR) is 123 cm³/mol. The Bertz CT molecular complexity index is 1040. The van der Waals surface area contributed by atoms with Gasteiger partial charge in [-0.05, 0) is 72.7 Å². The molecule has 3 aromatic rings. The molecule has 0 radical (unpaired) electrons. The molecule has 0 spiro atoms. The lowest BCUT2D eigenvalue weighted by molar-refractivity contribution is -0.122. The molecule has 2 heterocycles. The van der Waals surface area contributed by atoms with E-state index in [1.807, 2.05) is 41.9 Å². The van der Waals surface area contributed by atoms with Gasteiger partial charge in [-0.1, -0.05) is 27.2 Å². The SMILES string of the molecule is Cc1oc(C(C)(C)C)cc1-c1cc(NC(=O)C2CCC2)n(-c2ccc(I)cc2)n1. The summed E-state index contributed by atoms with van der Waals surface area (Å²) in [4.78, 5) is 12.6. The number of nitrogens with zero attached hydrogens (tertiary/aromatic N) is 2. The highest BCUT2D eigenvalue weighted by Crippen LogP contribution is 2.35. The van der Waals surface area contributed by atoms with Crippen LogP contribution in [0.15, 0.2) is 40.8 Å². The first-order valence-electron chi connectivity index (χ1n) is 10.0. The van der Waals surface area contributed by atoms with Crippen LogP contribution in [0.1, 0.15) is 51.6 Å². The van der Waals surface area contributed by atoms with E-state index in [-0.39, 0.29) is 17.2 Å². The monoisotopic (exact) mass is 503 g/mol. The van der Waals surface area contributed by atoms with Crippen LogP contribution in [-0.2, 0) is 10.2 Å². The van der Waals surface area contributed by atoms with E-state index < -0.39 is 0 Å². The maximum Gasteiger partial charge on any atom is 0.228 e. The molecule has 0 aliphatic heterocycles. The Morgan fingerprint density at radius 1 is 1.21 bits per heavy atom. The molecule has 5 nitrogen and oxygen atoms in total. The molecule has 1 aliphatic rings. The minimum Gasteiger partial charge on any atom is -0.465 e. The molecule has 6 heteroatoms. The molecule has 1 fully saturated rings. The molecule has 0 saturated heterocycles. The zero-order valence-electron chi connectivity index (χ0n) is 17.3. The minimum absolute atomic E-state index is 0.0776. The number of carbonyl (C=O) groups is 1. The van der Waals surface area contributed by atoms with Crippen LogP contribution >= 0.6 is 22.6 Å². The standard InChI is InChI=1S/C23H26IN3O2/c1-14-18(12-20(29-14)23(2,3)4)19-13-21(25-22(28)15-6-5-7-15)27(26-19)17-10-8-16(24)9-11-17/h8-13,15H,5-7H2,1-4H3,(H,25,28). The second-order valence-electron chi connectivity index (χ2n) is 8.75. The molecule has 29 heavy (non-hydrogen) atoms. The number of amides is 1. The summed E-state index contributed by atoms with van der Waals surface area (Å²) < 4.78 is 8.98. The number of carbonyl (C=O) groups excluding carboxylic acids is 1. The number of aromatic nitrogens is 2. The van der Waals surface area contributed by atoms with Gasteiger partial charge >= 0.3 is 0 Å².